The zero-order valence-electron chi connectivity index (χ0n) is 16.4. The second kappa shape index (κ2) is 9.28. The van der Waals surface area contributed by atoms with E-state index in [4.69, 9.17) is 20.6 Å². The molecule has 0 amide bonds. The van der Waals surface area contributed by atoms with E-state index >= 15 is 0 Å². The first-order valence-electron chi connectivity index (χ1n) is 9.11. The number of allylic oxidation sites excluding steroid dienone is 1. The number of rotatable bonds is 8. The summed E-state index contributed by atoms with van der Waals surface area (Å²) in [5, 5.41) is 7.06. The average molecular weight is 423 g/mol. The van der Waals surface area contributed by atoms with Crippen molar-refractivity contribution in [2.24, 2.45) is 5.73 Å². The quantitative estimate of drug-likeness (QED) is 0.524. The van der Waals surface area contributed by atoms with Crippen LogP contribution in [0.2, 0.25) is 0 Å². The van der Waals surface area contributed by atoms with Gasteiger partial charge in [-0.05, 0) is 77.9 Å². The molecule has 0 saturated heterocycles. The molecule has 3 aromatic carbocycles. The lowest BCUT2D eigenvalue weighted by Crippen LogP contribution is -1.99. The van der Waals surface area contributed by atoms with Crippen LogP contribution >= 0.6 is 0 Å². The molecule has 0 aliphatic carbocycles. The molecule has 0 aromatic heterocycles. The van der Waals surface area contributed by atoms with Gasteiger partial charge in [-0.25, -0.2) is 8.42 Å². The Morgan fingerprint density at radius 2 is 1.43 bits per heavy atom. The first kappa shape index (κ1) is 21.1. The predicted octanol–water partition coefficient (Wildman–Crippen LogP) is 4.41. The van der Waals surface area contributed by atoms with Crippen molar-refractivity contribution >= 4 is 21.7 Å². The predicted molar refractivity (Wildman–Crippen MR) is 118 cm³/mol. The maximum Gasteiger partial charge on any atom is 0.175 e. The van der Waals surface area contributed by atoms with Gasteiger partial charge in [-0.2, -0.15) is 0 Å². The molecule has 6 nitrogen and oxygen atoms in total. The highest BCUT2D eigenvalue weighted by Gasteiger charge is 2.06. The molecule has 0 radical (unpaired) electrons. The van der Waals surface area contributed by atoms with Gasteiger partial charge in [0.25, 0.3) is 0 Å². The van der Waals surface area contributed by atoms with E-state index in [1.807, 2.05) is 24.3 Å². The van der Waals surface area contributed by atoms with Crippen molar-refractivity contribution in [1.29, 1.82) is 5.41 Å². The third-order valence-corrected chi connectivity index (χ3v) is 5.40. The number of hydrogen-bond donors (Lipinski definition) is 2. The van der Waals surface area contributed by atoms with E-state index in [9.17, 15) is 8.42 Å². The van der Waals surface area contributed by atoms with Gasteiger partial charge in [-0.15, -0.1) is 0 Å². The van der Waals surface area contributed by atoms with Crippen LogP contribution in [0.25, 0.3) is 5.70 Å². The van der Waals surface area contributed by atoms with E-state index in [-0.39, 0.29) is 4.90 Å². The van der Waals surface area contributed by atoms with Crippen molar-refractivity contribution in [2.45, 2.75) is 11.5 Å². The fraction of sp³-hybridized carbons (Fsp3) is 0.0870. The zero-order chi connectivity index (χ0) is 21.6. The Morgan fingerprint density at radius 3 is 1.97 bits per heavy atom. The third kappa shape index (κ3) is 5.71. The molecule has 0 spiro atoms. The van der Waals surface area contributed by atoms with Crippen LogP contribution < -0.4 is 15.2 Å². The smallest absolute Gasteiger partial charge is 0.175 e. The highest BCUT2D eigenvalue weighted by Crippen LogP contribution is 2.25. The molecule has 3 rings (SSSR count). The SMILES string of the molecule is CS(=O)(=O)c1ccc(COc2ccc(Oc3ccc(/C(N)=C/C=N)cc3)cc2)cc1. The fourth-order valence-corrected chi connectivity index (χ4v) is 3.27. The normalized spacial score (nSPS) is 11.7. The Kier molecular flexibility index (Phi) is 6.54. The number of benzene rings is 3. The van der Waals surface area contributed by atoms with Crippen LogP contribution in [0.4, 0.5) is 0 Å². The Balaban J connectivity index is 1.57. The minimum atomic E-state index is -3.20. The van der Waals surface area contributed by atoms with Crippen LogP contribution in [0.1, 0.15) is 11.1 Å². The first-order valence-corrected chi connectivity index (χ1v) is 11.0. The fourth-order valence-electron chi connectivity index (χ4n) is 2.64. The van der Waals surface area contributed by atoms with Crippen LogP contribution in [0.5, 0.6) is 17.2 Å². The van der Waals surface area contributed by atoms with Gasteiger partial charge in [0.1, 0.15) is 23.9 Å². The van der Waals surface area contributed by atoms with Crippen molar-refractivity contribution in [3.63, 3.8) is 0 Å². The zero-order valence-corrected chi connectivity index (χ0v) is 17.2. The Hall–Kier alpha value is -3.58. The minimum Gasteiger partial charge on any atom is -0.489 e. The summed E-state index contributed by atoms with van der Waals surface area (Å²) in [7, 11) is -3.20. The maximum absolute atomic E-state index is 11.5. The molecular formula is C23H22N2O4S. The summed E-state index contributed by atoms with van der Waals surface area (Å²) in [5.74, 6) is 2.01. The number of nitrogens with two attached hydrogens (primary N) is 1. The molecule has 0 fully saturated rings. The molecule has 30 heavy (non-hydrogen) atoms. The largest absolute Gasteiger partial charge is 0.489 e. The standard InChI is InChI=1S/C23H22N2O4S/c1-30(26,27)22-12-2-17(3-13-22)16-28-19-8-10-21(11-9-19)29-20-6-4-18(5-7-20)23(25)14-15-24/h2-15,24H,16,25H2,1H3/b23-14-,24-15?. The van der Waals surface area contributed by atoms with Gasteiger partial charge in [-0.1, -0.05) is 12.1 Å². The molecule has 7 heteroatoms. The highest BCUT2D eigenvalue weighted by molar-refractivity contribution is 7.90. The van der Waals surface area contributed by atoms with Crippen LogP contribution in [-0.2, 0) is 16.4 Å². The van der Waals surface area contributed by atoms with Crippen LogP contribution in [0.15, 0.2) is 83.8 Å². The molecular weight excluding hydrogens is 400 g/mol. The van der Waals surface area contributed by atoms with Gasteiger partial charge in [0.05, 0.1) is 4.90 Å². The summed E-state index contributed by atoms with van der Waals surface area (Å²) in [5.41, 5.74) is 8.06. The molecule has 0 aliphatic rings. The number of nitrogens with one attached hydrogen (secondary N) is 1. The van der Waals surface area contributed by atoms with Gasteiger partial charge in [-0.3, -0.25) is 0 Å². The van der Waals surface area contributed by atoms with Gasteiger partial charge in [0.15, 0.2) is 9.84 Å². The van der Waals surface area contributed by atoms with Crippen molar-refractivity contribution in [3.8, 4) is 17.2 Å². The molecule has 3 N–H and O–H groups in total. The summed E-state index contributed by atoms with van der Waals surface area (Å²) < 4.78 is 34.6. The van der Waals surface area contributed by atoms with E-state index in [1.165, 1.54) is 12.3 Å². The van der Waals surface area contributed by atoms with Gasteiger partial charge < -0.3 is 20.6 Å². The molecule has 0 aliphatic heterocycles. The lowest BCUT2D eigenvalue weighted by atomic mass is 10.1. The second-order valence-corrected chi connectivity index (χ2v) is 8.61. The van der Waals surface area contributed by atoms with Gasteiger partial charge in [0, 0.05) is 18.2 Å². The summed E-state index contributed by atoms with van der Waals surface area (Å²) >= 11 is 0. The van der Waals surface area contributed by atoms with E-state index in [0.29, 0.717) is 29.6 Å². The monoisotopic (exact) mass is 422 g/mol. The molecule has 0 heterocycles. The molecule has 0 atom stereocenters. The molecule has 154 valence electrons. The lowest BCUT2D eigenvalue weighted by molar-refractivity contribution is 0.305. The minimum absolute atomic E-state index is 0.286. The number of hydrogen-bond acceptors (Lipinski definition) is 6. The van der Waals surface area contributed by atoms with Crippen molar-refractivity contribution < 1.29 is 17.9 Å². The first-order chi connectivity index (χ1) is 14.3. The maximum atomic E-state index is 11.5. The molecule has 0 unspecified atom stereocenters. The van der Waals surface area contributed by atoms with E-state index < -0.39 is 9.84 Å². The Morgan fingerprint density at radius 1 is 0.900 bits per heavy atom. The molecule has 0 saturated carbocycles. The number of sulfone groups is 1. The second-order valence-electron chi connectivity index (χ2n) is 6.59. The molecule has 0 bridgehead atoms. The molecule has 3 aromatic rings. The highest BCUT2D eigenvalue weighted by atomic mass is 32.2. The Bertz CT molecular complexity index is 1140. The number of ether oxygens (including phenoxy) is 2. The van der Waals surface area contributed by atoms with Gasteiger partial charge in [0.2, 0.25) is 0 Å². The van der Waals surface area contributed by atoms with Crippen LogP contribution in [0.3, 0.4) is 0 Å². The van der Waals surface area contributed by atoms with E-state index in [0.717, 1.165) is 17.3 Å². The average Bonchev–Trinajstić information content (AvgIpc) is 2.74. The summed E-state index contributed by atoms with van der Waals surface area (Å²) in [6, 6.07) is 21.1. The third-order valence-electron chi connectivity index (χ3n) is 4.27. The van der Waals surface area contributed by atoms with E-state index in [2.05, 4.69) is 0 Å². The van der Waals surface area contributed by atoms with Crippen LogP contribution in [0, 0.1) is 5.41 Å². The summed E-state index contributed by atoms with van der Waals surface area (Å²) in [6.07, 6.45) is 3.85. The summed E-state index contributed by atoms with van der Waals surface area (Å²) in [6.45, 7) is 0.330. The van der Waals surface area contributed by atoms with E-state index in [1.54, 1.807) is 48.5 Å². The van der Waals surface area contributed by atoms with Crippen LogP contribution in [-0.4, -0.2) is 20.9 Å². The summed E-state index contributed by atoms with van der Waals surface area (Å²) in [4.78, 5) is 0.286. The Labute approximate surface area is 176 Å². The van der Waals surface area contributed by atoms with Crippen molar-refractivity contribution in [1.82, 2.24) is 0 Å². The lowest BCUT2D eigenvalue weighted by Gasteiger charge is -2.09. The van der Waals surface area contributed by atoms with Crippen molar-refractivity contribution in [3.05, 3.63) is 90.0 Å². The topological polar surface area (TPSA) is 102 Å². The van der Waals surface area contributed by atoms with Gasteiger partial charge >= 0.3 is 0 Å². The van der Waals surface area contributed by atoms with Crippen molar-refractivity contribution in [2.75, 3.05) is 6.26 Å².